The predicted octanol–water partition coefficient (Wildman–Crippen LogP) is 4.00. The Morgan fingerprint density at radius 3 is 2.45 bits per heavy atom. The monoisotopic (exact) mass is 292 g/mol. The molecule has 3 rings (SSSR count). The normalized spacial score (nSPS) is 21.6. The lowest BCUT2D eigenvalue weighted by atomic mass is 9.77. The van der Waals surface area contributed by atoms with Gasteiger partial charge in [0.25, 0.3) is 0 Å². The molecule has 0 atom stereocenters. The highest BCUT2D eigenvalue weighted by atomic mass is 35.5. The van der Waals surface area contributed by atoms with Gasteiger partial charge in [0.2, 0.25) is 0 Å². The molecule has 0 amide bonds. The second-order valence-corrected chi connectivity index (χ2v) is 6.94. The molecular weight excluding hydrogens is 268 g/mol. The highest BCUT2D eigenvalue weighted by Gasteiger charge is 2.37. The van der Waals surface area contributed by atoms with Crippen LogP contribution >= 0.6 is 11.6 Å². The molecule has 0 bridgehead atoms. The predicted molar refractivity (Wildman–Crippen MR) is 86.6 cm³/mol. The van der Waals surface area contributed by atoms with E-state index in [2.05, 4.69) is 17.0 Å². The Hall–Kier alpha value is -0.730. The summed E-state index contributed by atoms with van der Waals surface area (Å²) in [5, 5.41) is 0.821. The van der Waals surface area contributed by atoms with Crippen molar-refractivity contribution in [1.29, 1.82) is 0 Å². The molecule has 2 aliphatic rings. The maximum Gasteiger partial charge on any atom is 0.0410 e. The van der Waals surface area contributed by atoms with Gasteiger partial charge in [0.15, 0.2) is 0 Å². The number of benzene rings is 1. The molecule has 1 spiro atoms. The number of nitrogens with zero attached hydrogens (tertiary/aromatic N) is 1. The quantitative estimate of drug-likeness (QED) is 0.912. The van der Waals surface area contributed by atoms with Crippen LogP contribution in [0.4, 0.5) is 5.69 Å². The molecule has 0 radical (unpaired) electrons. The molecule has 1 aliphatic heterocycles. The zero-order valence-corrected chi connectivity index (χ0v) is 13.0. The van der Waals surface area contributed by atoms with Crippen molar-refractivity contribution in [1.82, 2.24) is 0 Å². The summed E-state index contributed by atoms with van der Waals surface area (Å²) in [4.78, 5) is 2.55. The Bertz CT molecular complexity index is 456. The van der Waals surface area contributed by atoms with Gasteiger partial charge in [-0.15, -0.1) is 0 Å². The van der Waals surface area contributed by atoms with Crippen molar-refractivity contribution < 1.29 is 0 Å². The highest BCUT2D eigenvalue weighted by Crippen LogP contribution is 2.46. The molecule has 20 heavy (non-hydrogen) atoms. The average Bonchev–Trinajstić information content (AvgIpc) is 2.89. The lowest BCUT2D eigenvalue weighted by molar-refractivity contribution is 0.226. The maximum atomic E-state index is 6.13. The van der Waals surface area contributed by atoms with Crippen molar-refractivity contribution in [2.24, 2.45) is 11.1 Å². The summed E-state index contributed by atoms with van der Waals surface area (Å²) in [6.07, 6.45) is 9.43. The third kappa shape index (κ3) is 2.82. The van der Waals surface area contributed by atoms with Gasteiger partial charge in [-0.25, -0.2) is 0 Å². The van der Waals surface area contributed by atoms with Crippen LogP contribution in [0, 0.1) is 5.41 Å². The molecule has 110 valence electrons. The molecule has 2 fully saturated rings. The summed E-state index contributed by atoms with van der Waals surface area (Å²) in [6.45, 7) is 3.07. The number of rotatable bonds is 3. The lowest BCUT2D eigenvalue weighted by Crippen LogP contribution is -2.39. The van der Waals surface area contributed by atoms with Gasteiger partial charge in [-0.05, 0) is 67.8 Å². The minimum atomic E-state index is 0.678. The van der Waals surface area contributed by atoms with Gasteiger partial charge in [0, 0.05) is 23.8 Å². The number of hydrogen-bond donors (Lipinski definition) is 1. The number of piperidine rings is 1. The molecule has 1 saturated heterocycles. The minimum Gasteiger partial charge on any atom is -0.371 e. The summed E-state index contributed by atoms with van der Waals surface area (Å²) < 4.78 is 0. The molecule has 2 N–H and O–H groups in total. The fourth-order valence-corrected chi connectivity index (χ4v) is 4.26. The second kappa shape index (κ2) is 5.95. The van der Waals surface area contributed by atoms with E-state index in [9.17, 15) is 0 Å². The Kier molecular flexibility index (Phi) is 4.23. The topological polar surface area (TPSA) is 29.3 Å². The smallest absolute Gasteiger partial charge is 0.0410 e. The fourth-order valence-electron chi connectivity index (χ4n) is 4.07. The van der Waals surface area contributed by atoms with Crippen LogP contribution in [0.2, 0.25) is 5.02 Å². The van der Waals surface area contributed by atoms with Gasteiger partial charge >= 0.3 is 0 Å². The molecule has 3 heteroatoms. The summed E-state index contributed by atoms with van der Waals surface area (Å²) in [5.74, 6) is 0. The number of halogens is 1. The molecule has 1 aliphatic carbocycles. The van der Waals surface area contributed by atoms with Gasteiger partial charge in [-0.1, -0.05) is 24.4 Å². The summed E-state index contributed by atoms with van der Waals surface area (Å²) in [6, 6.07) is 6.28. The third-order valence-corrected chi connectivity index (χ3v) is 5.52. The van der Waals surface area contributed by atoms with E-state index in [1.54, 1.807) is 0 Å². The Morgan fingerprint density at radius 2 is 1.80 bits per heavy atom. The first kappa shape index (κ1) is 14.2. The Balaban J connectivity index is 1.74. The van der Waals surface area contributed by atoms with E-state index in [4.69, 9.17) is 17.3 Å². The van der Waals surface area contributed by atoms with Crippen LogP contribution in [-0.4, -0.2) is 19.6 Å². The van der Waals surface area contributed by atoms with Gasteiger partial charge in [0.05, 0.1) is 0 Å². The van der Waals surface area contributed by atoms with Crippen LogP contribution in [-0.2, 0) is 6.42 Å². The molecule has 1 heterocycles. The van der Waals surface area contributed by atoms with Crippen LogP contribution in [0.3, 0.4) is 0 Å². The summed E-state index contributed by atoms with van der Waals surface area (Å²) >= 11 is 6.13. The largest absolute Gasteiger partial charge is 0.371 e. The third-order valence-electron chi connectivity index (χ3n) is 5.28. The molecule has 1 aromatic rings. The van der Waals surface area contributed by atoms with Crippen molar-refractivity contribution in [2.45, 2.75) is 44.9 Å². The van der Waals surface area contributed by atoms with Gasteiger partial charge < -0.3 is 10.6 Å². The average molecular weight is 293 g/mol. The summed E-state index contributed by atoms with van der Waals surface area (Å²) in [5.41, 5.74) is 9.08. The van der Waals surface area contributed by atoms with Gasteiger partial charge in [-0.3, -0.25) is 0 Å². The standard InChI is InChI=1S/C17H25ClN2/c18-15-3-4-16(14(13-15)5-10-19)20-11-8-17(9-12-20)6-1-2-7-17/h3-4,13H,1-2,5-12,19H2. The van der Waals surface area contributed by atoms with E-state index in [0.29, 0.717) is 12.0 Å². The van der Waals surface area contributed by atoms with E-state index in [0.717, 1.165) is 11.4 Å². The van der Waals surface area contributed by atoms with Crippen LogP contribution in [0.1, 0.15) is 44.1 Å². The van der Waals surface area contributed by atoms with Gasteiger partial charge in [0.1, 0.15) is 0 Å². The molecule has 2 nitrogen and oxygen atoms in total. The fraction of sp³-hybridized carbons (Fsp3) is 0.647. The zero-order valence-electron chi connectivity index (χ0n) is 12.2. The number of nitrogens with two attached hydrogens (primary N) is 1. The van der Waals surface area contributed by atoms with Crippen molar-refractivity contribution in [3.05, 3.63) is 28.8 Å². The molecule has 1 saturated carbocycles. The van der Waals surface area contributed by atoms with Gasteiger partial charge in [-0.2, -0.15) is 0 Å². The van der Waals surface area contributed by atoms with Crippen molar-refractivity contribution in [3.8, 4) is 0 Å². The first-order valence-electron chi connectivity index (χ1n) is 7.96. The Morgan fingerprint density at radius 1 is 1.10 bits per heavy atom. The molecular formula is C17H25ClN2. The van der Waals surface area contributed by atoms with Crippen LogP contribution in [0.15, 0.2) is 18.2 Å². The molecule has 1 aromatic carbocycles. The van der Waals surface area contributed by atoms with Crippen molar-refractivity contribution in [2.75, 3.05) is 24.5 Å². The van der Waals surface area contributed by atoms with E-state index in [1.807, 2.05) is 6.07 Å². The maximum absolute atomic E-state index is 6.13. The SMILES string of the molecule is NCCc1cc(Cl)ccc1N1CCC2(CCCC2)CC1. The van der Waals surface area contributed by atoms with E-state index < -0.39 is 0 Å². The van der Waals surface area contributed by atoms with Crippen molar-refractivity contribution >= 4 is 17.3 Å². The van der Waals surface area contributed by atoms with Crippen molar-refractivity contribution in [3.63, 3.8) is 0 Å². The highest BCUT2D eigenvalue weighted by molar-refractivity contribution is 6.30. The molecule has 0 aromatic heterocycles. The second-order valence-electron chi connectivity index (χ2n) is 6.51. The lowest BCUT2D eigenvalue weighted by Gasteiger charge is -2.41. The van der Waals surface area contributed by atoms with E-state index in [-0.39, 0.29) is 0 Å². The first-order valence-corrected chi connectivity index (χ1v) is 8.34. The van der Waals surface area contributed by atoms with E-state index >= 15 is 0 Å². The number of hydrogen-bond acceptors (Lipinski definition) is 2. The Labute approximate surface area is 127 Å². The number of anilines is 1. The zero-order chi connectivity index (χ0) is 14.0. The van der Waals surface area contributed by atoms with Crippen LogP contribution in [0.25, 0.3) is 0 Å². The summed E-state index contributed by atoms with van der Waals surface area (Å²) in [7, 11) is 0. The van der Waals surface area contributed by atoms with E-state index in [1.165, 1.54) is 62.9 Å². The first-order chi connectivity index (χ1) is 9.72. The molecule has 0 unspecified atom stereocenters. The minimum absolute atomic E-state index is 0.678. The van der Waals surface area contributed by atoms with Crippen LogP contribution in [0.5, 0.6) is 0 Å². The van der Waals surface area contributed by atoms with Crippen LogP contribution < -0.4 is 10.6 Å².